The molecule has 0 fully saturated rings. The van der Waals surface area contributed by atoms with Crippen molar-refractivity contribution in [3.63, 3.8) is 0 Å². The van der Waals surface area contributed by atoms with E-state index in [0.29, 0.717) is 30.2 Å². The molecule has 0 radical (unpaired) electrons. The summed E-state index contributed by atoms with van der Waals surface area (Å²) < 4.78 is 44.7. The molecule has 0 spiro atoms. The van der Waals surface area contributed by atoms with Gasteiger partial charge in [0.2, 0.25) is 10.0 Å². The highest BCUT2D eigenvalue weighted by Gasteiger charge is 2.34. The van der Waals surface area contributed by atoms with E-state index in [1.807, 2.05) is 32.9 Å². The van der Waals surface area contributed by atoms with Crippen LogP contribution in [0.25, 0.3) is 0 Å². The smallest absolute Gasteiger partial charge is 0.318 e. The molecule has 0 saturated heterocycles. The van der Waals surface area contributed by atoms with Gasteiger partial charge >= 0.3 is 6.03 Å². The van der Waals surface area contributed by atoms with Gasteiger partial charge in [-0.2, -0.15) is 0 Å². The molecule has 9 nitrogen and oxygen atoms in total. The second kappa shape index (κ2) is 10.1. The van der Waals surface area contributed by atoms with E-state index >= 15 is 0 Å². The molecule has 0 aliphatic carbocycles. The van der Waals surface area contributed by atoms with Crippen LogP contribution in [0.2, 0.25) is 0 Å². The van der Waals surface area contributed by atoms with Gasteiger partial charge in [0.05, 0.1) is 32.3 Å². The van der Waals surface area contributed by atoms with Crippen LogP contribution in [0.15, 0.2) is 41.3 Å². The first-order valence-corrected chi connectivity index (χ1v) is 12.4. The Bertz CT molecular complexity index is 1130. The lowest BCUT2D eigenvalue weighted by Gasteiger charge is -2.39. The fraction of sp³-hybridized carbons (Fsp3) is 0.458. The molecule has 1 unspecified atom stereocenters. The van der Waals surface area contributed by atoms with Gasteiger partial charge in [0.1, 0.15) is 5.75 Å². The third kappa shape index (κ3) is 5.74. The maximum Gasteiger partial charge on any atom is 0.318 e. The van der Waals surface area contributed by atoms with Crippen molar-refractivity contribution in [2.24, 2.45) is 0 Å². The molecule has 1 heterocycles. The number of nitrogens with one attached hydrogen (secondary N) is 2. The van der Waals surface area contributed by atoms with E-state index < -0.39 is 21.6 Å². The third-order valence-electron chi connectivity index (χ3n) is 5.58. The van der Waals surface area contributed by atoms with Crippen molar-refractivity contribution in [3.8, 4) is 17.2 Å². The first-order valence-electron chi connectivity index (χ1n) is 11.0. The fourth-order valence-electron chi connectivity index (χ4n) is 3.91. The van der Waals surface area contributed by atoms with Crippen LogP contribution >= 0.6 is 0 Å². The molecule has 1 aliphatic heterocycles. The Hall–Kier alpha value is -2.98. The van der Waals surface area contributed by atoms with Gasteiger partial charge < -0.3 is 24.4 Å². The number of fused-ring (bicyclic) bond motifs is 1. The van der Waals surface area contributed by atoms with E-state index in [4.69, 9.17) is 14.2 Å². The SMILES string of the molecule is COc1ccc(S(=O)(=O)NCC2c3cc(OC)c(OC)cc3CCN2C(=O)NC(C)(C)C)cc1. The zero-order valence-corrected chi connectivity index (χ0v) is 21.3. The van der Waals surface area contributed by atoms with E-state index in [2.05, 4.69) is 10.0 Å². The summed E-state index contributed by atoms with van der Waals surface area (Å²) in [6, 6.07) is 9.03. The summed E-state index contributed by atoms with van der Waals surface area (Å²) >= 11 is 0. The highest BCUT2D eigenvalue weighted by Crippen LogP contribution is 2.38. The average molecular weight is 492 g/mol. The quantitative estimate of drug-likeness (QED) is 0.617. The Morgan fingerprint density at radius 1 is 1.03 bits per heavy atom. The third-order valence-corrected chi connectivity index (χ3v) is 7.02. The van der Waals surface area contributed by atoms with Crippen molar-refractivity contribution in [1.29, 1.82) is 0 Å². The Labute approximate surface area is 201 Å². The predicted octanol–water partition coefficient (Wildman–Crippen LogP) is 3.10. The van der Waals surface area contributed by atoms with Crippen molar-refractivity contribution in [2.45, 2.75) is 43.7 Å². The van der Waals surface area contributed by atoms with Gasteiger partial charge in [0.15, 0.2) is 11.5 Å². The summed E-state index contributed by atoms with van der Waals surface area (Å²) in [4.78, 5) is 14.9. The zero-order chi connectivity index (χ0) is 25.1. The molecular weight excluding hydrogens is 458 g/mol. The molecule has 1 aliphatic rings. The first kappa shape index (κ1) is 25.6. The Balaban J connectivity index is 1.95. The van der Waals surface area contributed by atoms with Gasteiger partial charge in [-0.15, -0.1) is 0 Å². The number of methoxy groups -OCH3 is 3. The number of ether oxygens (including phenoxy) is 3. The van der Waals surface area contributed by atoms with Crippen LogP contribution in [0.4, 0.5) is 4.79 Å². The molecule has 1 atom stereocenters. The lowest BCUT2D eigenvalue weighted by atomic mass is 9.92. The number of hydrogen-bond acceptors (Lipinski definition) is 6. The number of benzene rings is 2. The molecule has 10 heteroatoms. The standard InChI is InChI=1S/C24H33N3O6S/c1-24(2,3)26-23(28)27-12-11-16-13-21(32-5)22(33-6)14-19(16)20(27)15-25-34(29,30)18-9-7-17(31-4)8-10-18/h7-10,13-14,20,25H,11-12,15H2,1-6H3,(H,26,28). The normalized spacial score (nSPS) is 15.9. The second-order valence-electron chi connectivity index (χ2n) is 9.07. The Kier molecular flexibility index (Phi) is 7.62. The molecule has 2 N–H and O–H groups in total. The number of rotatable bonds is 7. The maximum atomic E-state index is 13.1. The molecule has 2 amide bonds. The van der Waals surface area contributed by atoms with Crippen molar-refractivity contribution in [3.05, 3.63) is 47.5 Å². The van der Waals surface area contributed by atoms with Crippen LogP contribution in [0.1, 0.15) is 37.9 Å². The van der Waals surface area contributed by atoms with Gasteiger partial charge in [-0.1, -0.05) is 0 Å². The summed E-state index contributed by atoms with van der Waals surface area (Å²) in [6.45, 7) is 6.13. The Morgan fingerprint density at radius 2 is 1.65 bits per heavy atom. The van der Waals surface area contributed by atoms with Crippen LogP contribution in [0.3, 0.4) is 0 Å². The number of carbonyl (C=O) groups excluding carboxylic acids is 1. The van der Waals surface area contributed by atoms with Crippen molar-refractivity contribution in [2.75, 3.05) is 34.4 Å². The number of hydrogen-bond donors (Lipinski definition) is 2. The molecule has 3 rings (SSSR count). The van der Waals surface area contributed by atoms with E-state index in [0.717, 1.165) is 11.1 Å². The Morgan fingerprint density at radius 3 is 2.21 bits per heavy atom. The number of carbonyl (C=O) groups is 1. The summed E-state index contributed by atoms with van der Waals surface area (Å²) in [6.07, 6.45) is 0.606. The van der Waals surface area contributed by atoms with Gasteiger partial charge in [-0.3, -0.25) is 0 Å². The van der Waals surface area contributed by atoms with Gasteiger partial charge in [0.25, 0.3) is 0 Å². The van der Waals surface area contributed by atoms with E-state index in [1.165, 1.54) is 19.2 Å². The van der Waals surface area contributed by atoms with E-state index in [9.17, 15) is 13.2 Å². The van der Waals surface area contributed by atoms with Crippen LogP contribution in [0.5, 0.6) is 17.2 Å². The molecule has 34 heavy (non-hydrogen) atoms. The summed E-state index contributed by atoms with van der Waals surface area (Å²) in [5, 5.41) is 2.98. The zero-order valence-electron chi connectivity index (χ0n) is 20.5. The highest BCUT2D eigenvalue weighted by molar-refractivity contribution is 7.89. The minimum Gasteiger partial charge on any atom is -0.497 e. The number of urea groups is 1. The summed E-state index contributed by atoms with van der Waals surface area (Å²) in [7, 11) is 0.803. The lowest BCUT2D eigenvalue weighted by molar-refractivity contribution is 0.161. The van der Waals surface area contributed by atoms with Crippen molar-refractivity contribution in [1.82, 2.24) is 14.9 Å². The molecule has 0 saturated carbocycles. The van der Waals surface area contributed by atoms with Crippen LogP contribution in [-0.2, 0) is 16.4 Å². The van der Waals surface area contributed by atoms with Gasteiger partial charge in [-0.25, -0.2) is 17.9 Å². The largest absolute Gasteiger partial charge is 0.497 e. The number of nitrogens with zero attached hydrogens (tertiary/aromatic N) is 1. The number of amides is 2. The molecule has 186 valence electrons. The molecule has 2 aromatic rings. The fourth-order valence-corrected chi connectivity index (χ4v) is 4.95. The van der Waals surface area contributed by atoms with E-state index in [-0.39, 0.29) is 17.5 Å². The van der Waals surface area contributed by atoms with Gasteiger partial charge in [-0.05, 0) is 74.7 Å². The summed E-state index contributed by atoms with van der Waals surface area (Å²) in [5.41, 5.74) is 1.35. The molecule has 2 aromatic carbocycles. The molecular formula is C24H33N3O6S. The van der Waals surface area contributed by atoms with Crippen LogP contribution < -0.4 is 24.2 Å². The van der Waals surface area contributed by atoms with Crippen LogP contribution in [0, 0.1) is 0 Å². The minimum atomic E-state index is -3.82. The van der Waals surface area contributed by atoms with E-state index in [1.54, 1.807) is 31.3 Å². The predicted molar refractivity (Wildman–Crippen MR) is 129 cm³/mol. The lowest BCUT2D eigenvalue weighted by Crippen LogP contribution is -2.53. The molecule has 0 aromatic heterocycles. The van der Waals surface area contributed by atoms with Crippen LogP contribution in [-0.4, -0.2) is 59.3 Å². The minimum absolute atomic E-state index is 0.00555. The second-order valence-corrected chi connectivity index (χ2v) is 10.8. The van der Waals surface area contributed by atoms with Crippen molar-refractivity contribution >= 4 is 16.1 Å². The highest BCUT2D eigenvalue weighted by atomic mass is 32.2. The van der Waals surface area contributed by atoms with Gasteiger partial charge in [0, 0.05) is 18.6 Å². The molecule has 0 bridgehead atoms. The number of sulfonamides is 1. The maximum absolute atomic E-state index is 13.1. The van der Waals surface area contributed by atoms with Crippen molar-refractivity contribution < 1.29 is 27.4 Å². The monoisotopic (exact) mass is 491 g/mol. The summed E-state index contributed by atoms with van der Waals surface area (Å²) in [5.74, 6) is 1.67. The topological polar surface area (TPSA) is 106 Å². The average Bonchev–Trinajstić information content (AvgIpc) is 2.80. The first-order chi connectivity index (χ1) is 16.0.